The Kier molecular flexibility index (Phi) is 16.0. The summed E-state index contributed by atoms with van der Waals surface area (Å²) in [4.78, 5) is 18.3. The number of hydrogen-bond acceptors (Lipinski definition) is 11. The maximum Gasteiger partial charge on any atom is 0.490 e. The maximum atomic E-state index is 12.5. The minimum atomic E-state index is -3.43. The quantitative estimate of drug-likeness (QED) is 0.0955. The predicted octanol–water partition coefficient (Wildman–Crippen LogP) is 10.1. The average molecular weight is 922 g/mol. The second kappa shape index (κ2) is 22.0. The van der Waals surface area contributed by atoms with Crippen LogP contribution in [0.15, 0.2) is 175 Å². The maximum absolute atomic E-state index is 12.5. The van der Waals surface area contributed by atoms with Crippen molar-refractivity contribution < 1.29 is 27.9 Å². The van der Waals surface area contributed by atoms with Crippen molar-refractivity contribution in [1.29, 1.82) is 0 Å². The van der Waals surface area contributed by atoms with E-state index in [0.717, 1.165) is 29.7 Å². The summed E-state index contributed by atoms with van der Waals surface area (Å²) in [5, 5.41) is 17.4. The van der Waals surface area contributed by atoms with Crippen LogP contribution in [0.5, 0.6) is 11.8 Å². The van der Waals surface area contributed by atoms with Gasteiger partial charge in [0.05, 0.1) is 18.1 Å². The first-order valence-electron chi connectivity index (χ1n) is 21.5. The third kappa shape index (κ3) is 12.4. The molecule has 4 heterocycles. The first-order valence-corrected chi connectivity index (χ1v) is 24.8. The van der Waals surface area contributed by atoms with E-state index in [2.05, 4.69) is 107 Å². The van der Waals surface area contributed by atoms with E-state index < -0.39 is 17.0 Å². The Labute approximate surface area is 391 Å². The summed E-state index contributed by atoms with van der Waals surface area (Å²) < 4.78 is 35.6. The van der Waals surface area contributed by atoms with Crippen molar-refractivity contribution in [2.45, 2.75) is 77.9 Å². The SMILES string of the molecule is CC(=NCS(=O)(=O)c1ccc(C)cc1)c1ccc2c(c1)Cc1ccccc1S2.CCOc1ccc(B(O)O)cn1.CCOc1ccc(C(C)c2ccc3c(c2)Cc2ccccc2S3)cn1. The normalized spacial score (nSPS) is 12.9. The first-order chi connectivity index (χ1) is 31.4. The Bertz CT molecular complexity index is 2860. The van der Waals surface area contributed by atoms with Crippen LogP contribution in [0.2, 0.25) is 0 Å². The molecular weight excluding hydrogens is 870 g/mol. The van der Waals surface area contributed by atoms with E-state index in [1.54, 1.807) is 36.0 Å². The molecule has 0 bridgehead atoms. The molecule has 0 spiro atoms. The second-order valence-electron chi connectivity index (χ2n) is 15.6. The highest BCUT2D eigenvalue weighted by molar-refractivity contribution is 7.99. The lowest BCUT2D eigenvalue weighted by molar-refractivity contribution is 0.326. The van der Waals surface area contributed by atoms with E-state index in [0.29, 0.717) is 41.2 Å². The number of aryl methyl sites for hydroxylation is 1. The van der Waals surface area contributed by atoms with Gasteiger partial charge in [0.15, 0.2) is 9.84 Å². The smallest absolute Gasteiger partial charge is 0.478 e. The summed E-state index contributed by atoms with van der Waals surface area (Å²) in [6.07, 6.45) is 5.21. The van der Waals surface area contributed by atoms with Crippen LogP contribution in [0.1, 0.15) is 78.1 Å². The van der Waals surface area contributed by atoms with Crippen molar-refractivity contribution in [3.63, 3.8) is 0 Å². The molecule has 1 atom stereocenters. The lowest BCUT2D eigenvalue weighted by Crippen LogP contribution is -2.29. The molecule has 2 aliphatic rings. The highest BCUT2D eigenvalue weighted by Crippen LogP contribution is 2.41. The molecule has 2 aliphatic heterocycles. The van der Waals surface area contributed by atoms with Crippen molar-refractivity contribution in [3.05, 3.63) is 190 Å². The number of aliphatic imine (C=N–C) groups is 1. The fourth-order valence-electron chi connectivity index (χ4n) is 7.24. The summed E-state index contributed by atoms with van der Waals surface area (Å²) in [6.45, 7) is 11.1. The molecule has 0 saturated heterocycles. The number of aromatic nitrogens is 2. The van der Waals surface area contributed by atoms with Gasteiger partial charge in [-0.3, -0.25) is 4.99 Å². The van der Waals surface area contributed by atoms with E-state index in [1.807, 2.05) is 69.9 Å². The molecule has 9 nitrogen and oxygen atoms in total. The minimum Gasteiger partial charge on any atom is -0.478 e. The Morgan fingerprint density at radius 2 is 1.22 bits per heavy atom. The van der Waals surface area contributed by atoms with Gasteiger partial charge in [0.2, 0.25) is 11.8 Å². The summed E-state index contributed by atoms with van der Waals surface area (Å²) in [5.74, 6) is 1.26. The lowest BCUT2D eigenvalue weighted by Gasteiger charge is -2.21. The topological polar surface area (TPSA) is 131 Å². The van der Waals surface area contributed by atoms with E-state index in [4.69, 9.17) is 19.5 Å². The first kappa shape index (κ1) is 47.3. The Hall–Kier alpha value is -5.70. The molecule has 7 aromatic rings. The fourth-order valence-corrected chi connectivity index (χ4v) is 10.4. The van der Waals surface area contributed by atoms with Gasteiger partial charge < -0.3 is 19.5 Å². The third-order valence-electron chi connectivity index (χ3n) is 11.0. The number of benzene rings is 5. The standard InChI is InChI=1S/C23H21NO2S2.C22H21NOS.C7H10BNO3/c1-16-7-10-21(11-8-16)28(25,26)15-24-17(2)18-9-12-23-20(13-18)14-19-5-3-4-6-22(19)27-23;1-3-24-22-11-9-18(14-23-22)15(2)16-8-10-21-19(12-16)13-17-6-4-5-7-20(17)25-21;1-2-12-7-4-3-6(5-9-7)8(10)11/h3-13H,14-15H2,1-2H3;4-12,14-15H,3,13H2,1-2H3;3-5,10-11H,2H2,1H3. The number of hydrogen-bond donors (Lipinski definition) is 2. The van der Waals surface area contributed by atoms with Gasteiger partial charge in [-0.25, -0.2) is 18.4 Å². The van der Waals surface area contributed by atoms with Crippen LogP contribution in [0.4, 0.5) is 0 Å². The number of rotatable bonds is 11. The van der Waals surface area contributed by atoms with Crippen molar-refractivity contribution in [2.75, 3.05) is 19.1 Å². The van der Waals surface area contributed by atoms with Crippen LogP contribution in [-0.4, -0.2) is 60.4 Å². The van der Waals surface area contributed by atoms with Gasteiger partial charge in [-0.2, -0.15) is 0 Å². The van der Waals surface area contributed by atoms with E-state index in [1.165, 1.54) is 59.2 Å². The molecule has 0 fully saturated rings. The van der Waals surface area contributed by atoms with Crippen molar-refractivity contribution >= 4 is 51.7 Å². The minimum absolute atomic E-state index is 0.240. The zero-order valence-electron chi connectivity index (χ0n) is 37.1. The van der Waals surface area contributed by atoms with Gasteiger partial charge in [-0.1, -0.05) is 115 Å². The molecule has 5 aromatic carbocycles. The predicted molar refractivity (Wildman–Crippen MR) is 263 cm³/mol. The Balaban J connectivity index is 0.000000157. The van der Waals surface area contributed by atoms with Crippen LogP contribution in [-0.2, 0) is 22.7 Å². The van der Waals surface area contributed by atoms with E-state index in [-0.39, 0.29) is 5.88 Å². The van der Waals surface area contributed by atoms with Gasteiger partial charge >= 0.3 is 7.12 Å². The largest absolute Gasteiger partial charge is 0.490 e. The molecular formula is C52H52BN3O6S3. The average Bonchev–Trinajstić information content (AvgIpc) is 3.32. The molecule has 9 rings (SSSR count). The zero-order chi connectivity index (χ0) is 45.9. The number of nitrogens with zero attached hydrogens (tertiary/aromatic N) is 3. The third-order valence-corrected chi connectivity index (χ3v) is 14.9. The van der Waals surface area contributed by atoms with Crippen molar-refractivity contribution in [3.8, 4) is 11.8 Å². The molecule has 332 valence electrons. The fraction of sp³-hybridized carbons (Fsp3) is 0.212. The Morgan fingerprint density at radius 3 is 1.77 bits per heavy atom. The highest BCUT2D eigenvalue weighted by atomic mass is 32.2. The molecule has 65 heavy (non-hydrogen) atoms. The molecule has 13 heteroatoms. The van der Waals surface area contributed by atoms with Gasteiger partial charge in [0.25, 0.3) is 0 Å². The van der Waals surface area contributed by atoms with E-state index in [9.17, 15) is 8.42 Å². The summed E-state index contributed by atoms with van der Waals surface area (Å²) >= 11 is 3.66. The van der Waals surface area contributed by atoms with E-state index >= 15 is 0 Å². The number of pyridine rings is 2. The summed E-state index contributed by atoms with van der Waals surface area (Å²) in [5.41, 5.74) is 11.1. The number of fused-ring (bicyclic) bond motifs is 4. The van der Waals surface area contributed by atoms with Gasteiger partial charge in [0.1, 0.15) is 5.88 Å². The van der Waals surface area contributed by atoms with Gasteiger partial charge in [-0.05, 0) is 128 Å². The number of ether oxygens (including phenoxy) is 2. The Morgan fingerprint density at radius 1 is 0.677 bits per heavy atom. The van der Waals surface area contributed by atoms with Gasteiger partial charge in [0, 0.05) is 55.1 Å². The van der Waals surface area contributed by atoms with Crippen LogP contribution >= 0.6 is 23.5 Å². The molecule has 1 unspecified atom stereocenters. The molecule has 0 saturated carbocycles. The van der Waals surface area contributed by atoms with Crippen molar-refractivity contribution in [2.24, 2.45) is 4.99 Å². The van der Waals surface area contributed by atoms with Crippen LogP contribution in [0, 0.1) is 6.92 Å². The summed E-state index contributed by atoms with van der Waals surface area (Å²) in [6, 6.07) is 44.4. The number of sulfone groups is 1. The molecule has 0 radical (unpaired) electrons. The van der Waals surface area contributed by atoms with Crippen LogP contribution < -0.4 is 14.9 Å². The molecule has 0 aliphatic carbocycles. The van der Waals surface area contributed by atoms with Gasteiger partial charge in [-0.15, -0.1) is 0 Å². The monoisotopic (exact) mass is 921 g/mol. The van der Waals surface area contributed by atoms with Crippen molar-refractivity contribution in [1.82, 2.24) is 9.97 Å². The molecule has 2 N–H and O–H groups in total. The van der Waals surface area contributed by atoms with Crippen LogP contribution in [0.3, 0.4) is 0 Å². The zero-order valence-corrected chi connectivity index (χ0v) is 39.6. The molecule has 2 aromatic heterocycles. The lowest BCUT2D eigenvalue weighted by atomic mass is 9.82. The highest BCUT2D eigenvalue weighted by Gasteiger charge is 2.20. The van der Waals surface area contributed by atoms with Crippen LogP contribution in [0.25, 0.3) is 0 Å². The summed E-state index contributed by atoms with van der Waals surface area (Å²) in [7, 11) is -4.89. The second-order valence-corrected chi connectivity index (χ2v) is 19.7. The molecule has 0 amide bonds.